The van der Waals surface area contributed by atoms with Crippen LogP contribution in [0.1, 0.15) is 53.8 Å². The van der Waals surface area contributed by atoms with Gasteiger partial charge in [0.1, 0.15) is 23.1 Å². The van der Waals surface area contributed by atoms with Gasteiger partial charge in [0.25, 0.3) is 5.91 Å². The largest absolute Gasteiger partial charge is 0.486 e. The smallest absolute Gasteiger partial charge is 0.341 e. The number of benzene rings is 3. The van der Waals surface area contributed by atoms with Crippen molar-refractivity contribution in [1.82, 2.24) is 4.98 Å². The van der Waals surface area contributed by atoms with Crippen LogP contribution in [0.2, 0.25) is 5.02 Å². The number of aryl methyl sites for hydroxylation is 1. The number of amides is 1. The summed E-state index contributed by atoms with van der Waals surface area (Å²) < 4.78 is 36.7. The number of nitrogens with zero attached hydrogens (tertiary/aromatic N) is 1. The van der Waals surface area contributed by atoms with E-state index in [9.17, 15) is 18.0 Å². The number of hydrogen-bond donors (Lipinski definition) is 2. The van der Waals surface area contributed by atoms with E-state index < -0.39 is 28.3 Å². The highest BCUT2D eigenvalue weighted by Gasteiger charge is 2.18. The van der Waals surface area contributed by atoms with Gasteiger partial charge in [0, 0.05) is 21.4 Å². The lowest BCUT2D eigenvalue weighted by molar-refractivity contribution is -0.139. The molecule has 0 radical (unpaired) electrons. The van der Waals surface area contributed by atoms with Crippen molar-refractivity contribution in [2.24, 2.45) is 0 Å². The maximum absolute atomic E-state index is 13.2. The van der Waals surface area contributed by atoms with Crippen molar-refractivity contribution in [3.05, 3.63) is 99.0 Å². The van der Waals surface area contributed by atoms with Crippen LogP contribution in [-0.2, 0) is 33.1 Å². The first-order chi connectivity index (χ1) is 20.8. The molecule has 2 N–H and O–H groups in total. The molecule has 3 aromatic carbocycles. The molecule has 1 amide bonds. The normalized spacial score (nSPS) is 11.6. The lowest BCUT2D eigenvalue weighted by Crippen LogP contribution is -2.15. The van der Waals surface area contributed by atoms with Crippen molar-refractivity contribution in [1.29, 1.82) is 0 Å². The van der Waals surface area contributed by atoms with Gasteiger partial charge in [0.05, 0.1) is 22.0 Å². The second kappa shape index (κ2) is 14.2. The Labute approximate surface area is 265 Å². The minimum atomic E-state index is -3.50. The van der Waals surface area contributed by atoms with Gasteiger partial charge in [-0.2, -0.15) is 0 Å². The Hall–Kier alpha value is -3.93. The van der Waals surface area contributed by atoms with E-state index in [1.165, 1.54) is 35.6 Å². The Morgan fingerprint density at radius 3 is 2.45 bits per heavy atom. The number of nitrogens with one attached hydrogen (secondary N) is 1. The predicted octanol–water partition coefficient (Wildman–Crippen LogP) is 6.80. The van der Waals surface area contributed by atoms with E-state index in [1.54, 1.807) is 42.5 Å². The molecule has 232 valence electrons. The van der Waals surface area contributed by atoms with Crippen LogP contribution in [0.4, 0.5) is 5.69 Å². The molecule has 0 aliphatic heterocycles. The molecule has 0 unspecified atom stereocenters. The monoisotopic (exact) mass is 656 g/mol. The highest BCUT2D eigenvalue weighted by Crippen LogP contribution is 2.29. The van der Waals surface area contributed by atoms with Crippen LogP contribution < -0.4 is 14.8 Å². The number of rotatable bonds is 13. The number of hydrogen-bond acceptors (Lipinski definition) is 8. The summed E-state index contributed by atoms with van der Waals surface area (Å²) in [7, 11) is -3.50. The summed E-state index contributed by atoms with van der Waals surface area (Å²) in [5, 5.41) is 15.2. The van der Waals surface area contributed by atoms with Crippen LogP contribution in [0, 0.1) is 0 Å². The standard InChI is InChI=1S/C32H33ClN2O7S2/c1-32(2,3)28-20-43-29(35-28)18-41-24-8-4-7-22(17-24)31(38)34-26-16-21(9-14-27(26)42-19-30(36)37)6-5-15-44(39,40)25-12-10-23(33)11-13-25/h4,7-14,16-17,20H,5-6,15,18-19H2,1-3H3,(H,34,38)(H,36,37). The summed E-state index contributed by atoms with van der Waals surface area (Å²) in [6, 6.07) is 17.6. The fourth-order valence-electron chi connectivity index (χ4n) is 4.11. The van der Waals surface area contributed by atoms with Crippen molar-refractivity contribution in [3.63, 3.8) is 0 Å². The number of carbonyl (C=O) groups is 2. The maximum Gasteiger partial charge on any atom is 0.341 e. The molecule has 0 spiro atoms. The van der Waals surface area contributed by atoms with Gasteiger partial charge in [-0.3, -0.25) is 4.79 Å². The number of carbonyl (C=O) groups excluding carboxylic acids is 1. The molecule has 44 heavy (non-hydrogen) atoms. The highest BCUT2D eigenvalue weighted by atomic mass is 35.5. The van der Waals surface area contributed by atoms with Crippen LogP contribution in [0.25, 0.3) is 0 Å². The number of aromatic nitrogens is 1. The summed E-state index contributed by atoms with van der Waals surface area (Å²) in [6.45, 7) is 5.94. The zero-order valence-electron chi connectivity index (χ0n) is 24.5. The first-order valence-electron chi connectivity index (χ1n) is 13.7. The Bertz CT molecular complexity index is 1730. The van der Waals surface area contributed by atoms with Gasteiger partial charge in [0.15, 0.2) is 16.4 Å². The molecule has 0 fully saturated rings. The molecule has 0 aliphatic rings. The molecular formula is C32H33ClN2O7S2. The number of sulfone groups is 1. The van der Waals surface area contributed by atoms with E-state index >= 15 is 0 Å². The average Bonchev–Trinajstić information content (AvgIpc) is 3.46. The number of carboxylic acid groups (broad SMARTS) is 1. The second-order valence-electron chi connectivity index (χ2n) is 11.0. The van der Waals surface area contributed by atoms with Gasteiger partial charge in [-0.1, -0.05) is 44.5 Å². The van der Waals surface area contributed by atoms with E-state index in [4.69, 9.17) is 26.2 Å². The molecule has 0 aliphatic carbocycles. The van der Waals surface area contributed by atoms with Crippen LogP contribution in [0.5, 0.6) is 11.5 Å². The van der Waals surface area contributed by atoms with E-state index in [0.717, 1.165) is 16.3 Å². The average molecular weight is 657 g/mol. The molecule has 0 saturated heterocycles. The van der Waals surface area contributed by atoms with Crippen molar-refractivity contribution in [2.45, 2.75) is 50.5 Å². The highest BCUT2D eigenvalue weighted by molar-refractivity contribution is 7.91. The number of anilines is 1. The molecule has 1 heterocycles. The number of aliphatic carboxylic acids is 1. The van der Waals surface area contributed by atoms with Crippen molar-refractivity contribution < 1.29 is 32.6 Å². The van der Waals surface area contributed by atoms with Gasteiger partial charge in [-0.15, -0.1) is 11.3 Å². The lowest BCUT2D eigenvalue weighted by Gasteiger charge is -2.14. The zero-order chi connectivity index (χ0) is 31.9. The quantitative estimate of drug-likeness (QED) is 0.161. The summed E-state index contributed by atoms with van der Waals surface area (Å²) in [5.41, 5.74) is 2.25. The van der Waals surface area contributed by atoms with E-state index in [1.807, 2.05) is 5.38 Å². The van der Waals surface area contributed by atoms with Crippen molar-refractivity contribution in [3.8, 4) is 11.5 Å². The van der Waals surface area contributed by atoms with Gasteiger partial charge >= 0.3 is 5.97 Å². The van der Waals surface area contributed by atoms with Gasteiger partial charge < -0.3 is 19.9 Å². The molecule has 0 bridgehead atoms. The molecular weight excluding hydrogens is 624 g/mol. The third-order valence-electron chi connectivity index (χ3n) is 6.47. The van der Waals surface area contributed by atoms with Crippen molar-refractivity contribution in [2.75, 3.05) is 17.7 Å². The third-order valence-corrected chi connectivity index (χ3v) is 9.36. The van der Waals surface area contributed by atoms with Crippen LogP contribution in [0.15, 0.2) is 77.0 Å². The summed E-state index contributed by atoms with van der Waals surface area (Å²) in [6.07, 6.45) is 0.718. The van der Waals surface area contributed by atoms with Gasteiger partial charge in [-0.25, -0.2) is 18.2 Å². The van der Waals surface area contributed by atoms with E-state index in [-0.39, 0.29) is 34.1 Å². The lowest BCUT2D eigenvalue weighted by atomic mass is 9.93. The zero-order valence-corrected chi connectivity index (χ0v) is 26.9. The Balaban J connectivity index is 1.44. The predicted molar refractivity (Wildman–Crippen MR) is 171 cm³/mol. The van der Waals surface area contributed by atoms with Crippen LogP contribution >= 0.6 is 22.9 Å². The first kappa shape index (κ1) is 33.0. The molecule has 12 heteroatoms. The molecule has 0 atom stereocenters. The van der Waals surface area contributed by atoms with Crippen molar-refractivity contribution >= 4 is 50.3 Å². The number of carboxylic acids is 1. The maximum atomic E-state index is 13.2. The molecule has 0 saturated carbocycles. The molecule has 4 rings (SSSR count). The fraction of sp³-hybridized carbons (Fsp3) is 0.281. The Morgan fingerprint density at radius 2 is 1.77 bits per heavy atom. The summed E-state index contributed by atoms with van der Waals surface area (Å²) >= 11 is 7.39. The number of halogens is 1. The molecule has 9 nitrogen and oxygen atoms in total. The topological polar surface area (TPSA) is 132 Å². The summed E-state index contributed by atoms with van der Waals surface area (Å²) in [5.74, 6) is -1.05. The van der Waals surface area contributed by atoms with Crippen LogP contribution in [0.3, 0.4) is 0 Å². The fourth-order valence-corrected chi connectivity index (χ4v) is 6.48. The van der Waals surface area contributed by atoms with E-state index in [0.29, 0.717) is 29.2 Å². The van der Waals surface area contributed by atoms with Gasteiger partial charge in [-0.05, 0) is 73.0 Å². The Morgan fingerprint density at radius 1 is 1.02 bits per heavy atom. The SMILES string of the molecule is CC(C)(C)c1csc(COc2cccc(C(=O)Nc3cc(CCCS(=O)(=O)c4ccc(Cl)cc4)ccc3OCC(=O)O)c2)n1. The first-order valence-corrected chi connectivity index (χ1v) is 16.7. The van der Waals surface area contributed by atoms with Crippen LogP contribution in [-0.4, -0.2) is 42.7 Å². The molecule has 1 aromatic heterocycles. The third kappa shape index (κ3) is 9.28. The number of ether oxygens (including phenoxy) is 2. The second-order valence-corrected chi connectivity index (χ2v) is 14.5. The summed E-state index contributed by atoms with van der Waals surface area (Å²) in [4.78, 5) is 29.2. The Kier molecular flexibility index (Phi) is 10.7. The van der Waals surface area contributed by atoms with Gasteiger partial charge in [0.2, 0.25) is 0 Å². The van der Waals surface area contributed by atoms with E-state index in [2.05, 4.69) is 31.1 Å². The minimum absolute atomic E-state index is 0.0633. The minimum Gasteiger partial charge on any atom is -0.486 e. The molecule has 4 aromatic rings. The number of thiazole rings is 1.